The van der Waals surface area contributed by atoms with Gasteiger partial charge in [0.05, 0.1) is 24.4 Å². The first-order chi connectivity index (χ1) is 12.1. The quantitative estimate of drug-likeness (QED) is 0.704. The van der Waals surface area contributed by atoms with Gasteiger partial charge in [0, 0.05) is 18.2 Å². The van der Waals surface area contributed by atoms with Gasteiger partial charge in [-0.15, -0.1) is 0 Å². The van der Waals surface area contributed by atoms with Gasteiger partial charge in [-0.1, -0.05) is 13.0 Å². The van der Waals surface area contributed by atoms with Crippen molar-refractivity contribution < 1.29 is 14.6 Å². The fraction of sp³-hybridized carbons (Fsp3) is 0.300. The predicted octanol–water partition coefficient (Wildman–Crippen LogP) is 4.12. The molecule has 0 fully saturated rings. The summed E-state index contributed by atoms with van der Waals surface area (Å²) >= 11 is 0. The molecule has 2 aromatic heterocycles. The molecular weight excluding hydrogens is 316 g/mol. The number of hydrogen-bond donors (Lipinski definition) is 1. The Balaban J connectivity index is 2.03. The molecule has 0 spiro atoms. The van der Waals surface area contributed by atoms with Gasteiger partial charge in [0.15, 0.2) is 0 Å². The van der Waals surface area contributed by atoms with Crippen molar-refractivity contribution in [2.45, 2.75) is 33.1 Å². The highest BCUT2D eigenvalue weighted by Crippen LogP contribution is 2.28. The molecule has 0 bridgehead atoms. The van der Waals surface area contributed by atoms with E-state index >= 15 is 0 Å². The number of benzene rings is 1. The monoisotopic (exact) mass is 338 g/mol. The smallest absolute Gasteiger partial charge is 0.303 e. The lowest BCUT2D eigenvalue weighted by atomic mass is 10.1. The number of imidazole rings is 1. The van der Waals surface area contributed by atoms with Gasteiger partial charge in [-0.3, -0.25) is 4.79 Å². The molecule has 0 saturated carbocycles. The summed E-state index contributed by atoms with van der Waals surface area (Å²) in [5.74, 6) is 0.0227. The van der Waals surface area contributed by atoms with Crippen LogP contribution in [0.15, 0.2) is 42.6 Å². The lowest BCUT2D eigenvalue weighted by Crippen LogP contribution is -2.01. The fourth-order valence-corrected chi connectivity index (χ4v) is 2.88. The highest BCUT2D eigenvalue weighted by Gasteiger charge is 2.16. The minimum atomic E-state index is -0.808. The number of hydrogen-bond acceptors (Lipinski definition) is 3. The second-order valence-corrected chi connectivity index (χ2v) is 6.06. The van der Waals surface area contributed by atoms with Gasteiger partial charge < -0.3 is 14.2 Å². The van der Waals surface area contributed by atoms with E-state index in [4.69, 9.17) is 14.8 Å². The normalized spacial score (nSPS) is 11.0. The predicted molar refractivity (Wildman–Crippen MR) is 97.1 cm³/mol. The molecule has 0 saturated heterocycles. The minimum absolute atomic E-state index is 0.0758. The Bertz CT molecular complexity index is 882. The van der Waals surface area contributed by atoms with Crippen LogP contribution < -0.4 is 4.74 Å². The summed E-state index contributed by atoms with van der Waals surface area (Å²) < 4.78 is 7.63. The fourth-order valence-electron chi connectivity index (χ4n) is 2.88. The summed E-state index contributed by atoms with van der Waals surface area (Å²) in [6, 6.07) is 11.8. The van der Waals surface area contributed by atoms with Crippen LogP contribution in [-0.2, 0) is 11.2 Å². The van der Waals surface area contributed by atoms with Crippen LogP contribution >= 0.6 is 0 Å². The lowest BCUT2D eigenvalue weighted by molar-refractivity contribution is -0.136. The van der Waals surface area contributed by atoms with Gasteiger partial charge in [-0.2, -0.15) is 0 Å². The Morgan fingerprint density at radius 2 is 2.00 bits per heavy atom. The van der Waals surface area contributed by atoms with Crippen molar-refractivity contribution in [3.63, 3.8) is 0 Å². The van der Waals surface area contributed by atoms with Crippen molar-refractivity contribution in [3.8, 4) is 17.0 Å². The zero-order valence-electron chi connectivity index (χ0n) is 14.5. The molecular formula is C20H22N2O3. The number of carboxylic acid groups (broad SMARTS) is 1. The highest BCUT2D eigenvalue weighted by molar-refractivity contribution is 5.71. The number of aryl methyl sites for hydroxylation is 2. The molecule has 0 radical (unpaired) electrons. The van der Waals surface area contributed by atoms with Crippen LogP contribution in [0.1, 0.15) is 31.0 Å². The molecule has 1 aromatic carbocycles. The van der Waals surface area contributed by atoms with Gasteiger partial charge in [-0.25, -0.2) is 4.98 Å². The maximum absolute atomic E-state index is 11.0. The molecule has 5 nitrogen and oxygen atoms in total. The largest absolute Gasteiger partial charge is 0.494 e. The Kier molecular flexibility index (Phi) is 5.03. The SMILES string of the molecule is CCCOc1ccc(-c2nc3c(C)cccn3c2CCC(=O)O)cc1. The van der Waals surface area contributed by atoms with Crippen LogP contribution in [0.4, 0.5) is 0 Å². The van der Waals surface area contributed by atoms with Crippen LogP contribution in [-0.4, -0.2) is 27.1 Å². The van der Waals surface area contributed by atoms with Crippen molar-refractivity contribution >= 4 is 11.6 Å². The number of ether oxygens (including phenoxy) is 1. The van der Waals surface area contributed by atoms with Crippen LogP contribution in [0.3, 0.4) is 0 Å². The van der Waals surface area contributed by atoms with E-state index in [1.54, 1.807) is 0 Å². The van der Waals surface area contributed by atoms with Crippen molar-refractivity contribution in [2.75, 3.05) is 6.61 Å². The minimum Gasteiger partial charge on any atom is -0.494 e. The van der Waals surface area contributed by atoms with Gasteiger partial charge >= 0.3 is 5.97 Å². The first-order valence-corrected chi connectivity index (χ1v) is 8.51. The number of nitrogens with zero attached hydrogens (tertiary/aromatic N) is 2. The maximum Gasteiger partial charge on any atom is 0.303 e. The number of carboxylic acids is 1. The third-order valence-electron chi connectivity index (χ3n) is 4.12. The molecule has 2 heterocycles. The molecule has 0 aliphatic carbocycles. The Morgan fingerprint density at radius 3 is 2.68 bits per heavy atom. The molecule has 5 heteroatoms. The van der Waals surface area contributed by atoms with Crippen molar-refractivity contribution in [2.24, 2.45) is 0 Å². The van der Waals surface area contributed by atoms with Crippen molar-refractivity contribution in [3.05, 3.63) is 53.9 Å². The standard InChI is InChI=1S/C20H22N2O3/c1-3-13-25-16-8-6-15(7-9-16)19-17(10-11-18(23)24)22-12-4-5-14(2)20(22)21-19/h4-9,12H,3,10-11,13H2,1-2H3,(H,23,24). The zero-order valence-corrected chi connectivity index (χ0v) is 14.5. The topological polar surface area (TPSA) is 63.8 Å². The molecule has 0 aliphatic heterocycles. The summed E-state index contributed by atoms with van der Waals surface area (Å²) in [5, 5.41) is 9.07. The Labute approximate surface area is 146 Å². The van der Waals surface area contributed by atoms with Crippen LogP contribution in [0.2, 0.25) is 0 Å². The highest BCUT2D eigenvalue weighted by atomic mass is 16.5. The number of pyridine rings is 1. The van der Waals surface area contributed by atoms with E-state index in [0.717, 1.165) is 40.3 Å². The molecule has 0 unspecified atom stereocenters. The van der Waals surface area contributed by atoms with Gasteiger partial charge in [-0.05, 0) is 49.2 Å². The van der Waals surface area contributed by atoms with E-state index in [9.17, 15) is 4.79 Å². The molecule has 1 N–H and O–H groups in total. The van der Waals surface area contributed by atoms with Crippen LogP contribution in [0.25, 0.3) is 16.9 Å². The molecule has 0 amide bonds. The molecule has 3 aromatic rings. The van der Waals surface area contributed by atoms with Gasteiger partial charge in [0.25, 0.3) is 0 Å². The lowest BCUT2D eigenvalue weighted by Gasteiger charge is -2.07. The van der Waals surface area contributed by atoms with E-state index in [0.29, 0.717) is 13.0 Å². The average molecular weight is 338 g/mol. The number of fused-ring (bicyclic) bond motifs is 1. The first kappa shape index (κ1) is 17.0. The molecule has 0 atom stereocenters. The summed E-state index contributed by atoms with van der Waals surface area (Å²) in [7, 11) is 0. The second kappa shape index (κ2) is 7.38. The van der Waals surface area contributed by atoms with Gasteiger partial charge in [0.1, 0.15) is 11.4 Å². The van der Waals surface area contributed by atoms with E-state index < -0.39 is 5.97 Å². The van der Waals surface area contributed by atoms with E-state index in [1.165, 1.54) is 0 Å². The number of rotatable bonds is 7. The van der Waals surface area contributed by atoms with Crippen LogP contribution in [0, 0.1) is 6.92 Å². The Hall–Kier alpha value is -2.82. The third kappa shape index (κ3) is 3.65. The van der Waals surface area contributed by atoms with E-state index in [1.807, 2.05) is 53.9 Å². The molecule has 25 heavy (non-hydrogen) atoms. The Morgan fingerprint density at radius 1 is 1.24 bits per heavy atom. The van der Waals surface area contributed by atoms with E-state index in [2.05, 4.69) is 6.92 Å². The second-order valence-electron chi connectivity index (χ2n) is 6.06. The van der Waals surface area contributed by atoms with Crippen molar-refractivity contribution in [1.82, 2.24) is 9.38 Å². The van der Waals surface area contributed by atoms with Crippen LogP contribution in [0.5, 0.6) is 5.75 Å². The summed E-state index contributed by atoms with van der Waals surface area (Å²) in [5.41, 5.74) is 4.64. The number of aliphatic carboxylic acids is 1. The molecule has 0 aliphatic rings. The van der Waals surface area contributed by atoms with Gasteiger partial charge in [0.2, 0.25) is 0 Å². The summed E-state index contributed by atoms with van der Waals surface area (Å²) in [6.07, 6.45) is 3.41. The van der Waals surface area contributed by atoms with E-state index in [-0.39, 0.29) is 6.42 Å². The zero-order chi connectivity index (χ0) is 17.8. The summed E-state index contributed by atoms with van der Waals surface area (Å²) in [6.45, 7) is 4.77. The number of carbonyl (C=O) groups is 1. The van der Waals surface area contributed by atoms with Crippen molar-refractivity contribution in [1.29, 1.82) is 0 Å². The maximum atomic E-state index is 11.0. The summed E-state index contributed by atoms with van der Waals surface area (Å²) in [4.78, 5) is 15.8. The third-order valence-corrected chi connectivity index (χ3v) is 4.12. The average Bonchev–Trinajstić information content (AvgIpc) is 2.98. The number of aromatic nitrogens is 2. The molecule has 3 rings (SSSR count). The first-order valence-electron chi connectivity index (χ1n) is 8.51. The molecule has 130 valence electrons.